The molecular formula is C18H34N2. The highest BCUT2D eigenvalue weighted by Gasteiger charge is 2.06. The predicted molar refractivity (Wildman–Crippen MR) is 89.2 cm³/mol. The second-order valence-electron chi connectivity index (χ2n) is 6.41. The van der Waals surface area contributed by atoms with E-state index in [4.69, 9.17) is 0 Å². The van der Waals surface area contributed by atoms with E-state index in [0.29, 0.717) is 0 Å². The van der Waals surface area contributed by atoms with Crippen molar-refractivity contribution < 1.29 is 0 Å². The smallest absolute Gasteiger partial charge is 0.0223 e. The lowest BCUT2D eigenvalue weighted by atomic mass is 10.0. The standard InChI is InChI=1S/C18H34N2/c1-6-20-16(4)13-18(17(20)5)14-19-12-10-8-7-9-11-15(2)3/h13,15,19H,6-12,14H2,1-5H3. The van der Waals surface area contributed by atoms with Crippen LogP contribution in [0.15, 0.2) is 6.07 Å². The summed E-state index contributed by atoms with van der Waals surface area (Å²) in [4.78, 5) is 0. The third kappa shape index (κ3) is 5.70. The van der Waals surface area contributed by atoms with Crippen LogP contribution in [0.2, 0.25) is 0 Å². The molecule has 1 aromatic heterocycles. The van der Waals surface area contributed by atoms with Crippen molar-refractivity contribution in [2.45, 2.75) is 79.8 Å². The van der Waals surface area contributed by atoms with E-state index in [-0.39, 0.29) is 0 Å². The van der Waals surface area contributed by atoms with Crippen molar-refractivity contribution in [2.75, 3.05) is 6.54 Å². The maximum absolute atomic E-state index is 3.59. The van der Waals surface area contributed by atoms with Crippen molar-refractivity contribution in [2.24, 2.45) is 5.92 Å². The molecule has 0 atom stereocenters. The average molecular weight is 278 g/mol. The van der Waals surface area contributed by atoms with Gasteiger partial charge in [-0.15, -0.1) is 0 Å². The third-order valence-corrected chi connectivity index (χ3v) is 4.20. The van der Waals surface area contributed by atoms with Crippen molar-refractivity contribution in [1.29, 1.82) is 0 Å². The zero-order valence-electron chi connectivity index (χ0n) is 14.3. The van der Waals surface area contributed by atoms with Crippen LogP contribution in [-0.2, 0) is 13.1 Å². The Hall–Kier alpha value is -0.760. The molecule has 2 nitrogen and oxygen atoms in total. The number of unbranched alkanes of at least 4 members (excludes halogenated alkanes) is 3. The van der Waals surface area contributed by atoms with Gasteiger partial charge in [-0.3, -0.25) is 0 Å². The first-order chi connectivity index (χ1) is 9.56. The molecule has 2 heteroatoms. The van der Waals surface area contributed by atoms with E-state index in [0.717, 1.165) is 25.6 Å². The van der Waals surface area contributed by atoms with Gasteiger partial charge in [0, 0.05) is 24.5 Å². The summed E-state index contributed by atoms with van der Waals surface area (Å²) in [5.41, 5.74) is 4.27. The predicted octanol–water partition coefficient (Wildman–Crippen LogP) is 4.82. The first kappa shape index (κ1) is 17.3. The van der Waals surface area contributed by atoms with Gasteiger partial charge in [0.25, 0.3) is 0 Å². The van der Waals surface area contributed by atoms with E-state index in [2.05, 4.69) is 50.6 Å². The van der Waals surface area contributed by atoms with Crippen molar-refractivity contribution in [3.05, 3.63) is 23.0 Å². The highest BCUT2D eigenvalue weighted by Crippen LogP contribution is 2.14. The minimum absolute atomic E-state index is 0.863. The van der Waals surface area contributed by atoms with Crippen molar-refractivity contribution in [1.82, 2.24) is 9.88 Å². The van der Waals surface area contributed by atoms with Gasteiger partial charge in [-0.05, 0) is 51.3 Å². The van der Waals surface area contributed by atoms with Gasteiger partial charge >= 0.3 is 0 Å². The maximum atomic E-state index is 3.59. The van der Waals surface area contributed by atoms with Crippen LogP contribution in [-0.4, -0.2) is 11.1 Å². The zero-order chi connectivity index (χ0) is 15.0. The Balaban J connectivity index is 2.13. The summed E-state index contributed by atoms with van der Waals surface area (Å²) in [6.45, 7) is 14.5. The van der Waals surface area contributed by atoms with Gasteiger partial charge in [0.1, 0.15) is 0 Å². The monoisotopic (exact) mass is 278 g/mol. The normalized spacial score (nSPS) is 11.5. The molecule has 0 aliphatic heterocycles. The molecule has 0 aromatic carbocycles. The summed E-state index contributed by atoms with van der Waals surface area (Å²) in [6, 6.07) is 2.33. The van der Waals surface area contributed by atoms with Gasteiger partial charge in [-0.2, -0.15) is 0 Å². The quantitative estimate of drug-likeness (QED) is 0.607. The fourth-order valence-electron chi connectivity index (χ4n) is 2.92. The summed E-state index contributed by atoms with van der Waals surface area (Å²) >= 11 is 0. The van der Waals surface area contributed by atoms with E-state index in [1.54, 1.807) is 0 Å². The number of nitrogens with one attached hydrogen (secondary N) is 1. The fourth-order valence-corrected chi connectivity index (χ4v) is 2.92. The minimum atomic E-state index is 0.863. The van der Waals surface area contributed by atoms with Crippen LogP contribution in [0.3, 0.4) is 0 Å². The van der Waals surface area contributed by atoms with Crippen molar-refractivity contribution in [3.63, 3.8) is 0 Å². The number of rotatable bonds is 10. The molecule has 1 N–H and O–H groups in total. The number of hydrogen-bond donors (Lipinski definition) is 1. The largest absolute Gasteiger partial charge is 0.349 e. The average Bonchev–Trinajstić information content (AvgIpc) is 2.67. The third-order valence-electron chi connectivity index (χ3n) is 4.20. The molecule has 1 aromatic rings. The van der Waals surface area contributed by atoms with Gasteiger partial charge in [0.2, 0.25) is 0 Å². The van der Waals surface area contributed by atoms with Gasteiger partial charge in [-0.25, -0.2) is 0 Å². The summed E-state index contributed by atoms with van der Waals surface area (Å²) < 4.78 is 2.39. The van der Waals surface area contributed by atoms with Crippen LogP contribution in [0.4, 0.5) is 0 Å². The maximum Gasteiger partial charge on any atom is 0.0223 e. The summed E-state index contributed by atoms with van der Waals surface area (Å²) in [5, 5.41) is 3.59. The summed E-state index contributed by atoms with van der Waals surface area (Å²) in [7, 11) is 0. The molecule has 0 aliphatic rings. The lowest BCUT2D eigenvalue weighted by molar-refractivity contribution is 0.512. The van der Waals surface area contributed by atoms with Gasteiger partial charge in [-0.1, -0.05) is 39.5 Å². The Morgan fingerprint density at radius 3 is 2.40 bits per heavy atom. The lowest BCUT2D eigenvalue weighted by Gasteiger charge is -2.08. The number of nitrogens with zero attached hydrogens (tertiary/aromatic N) is 1. The van der Waals surface area contributed by atoms with Crippen molar-refractivity contribution in [3.8, 4) is 0 Å². The van der Waals surface area contributed by atoms with E-state index in [1.165, 1.54) is 49.1 Å². The molecule has 20 heavy (non-hydrogen) atoms. The van der Waals surface area contributed by atoms with Crippen molar-refractivity contribution >= 4 is 0 Å². The zero-order valence-corrected chi connectivity index (χ0v) is 14.3. The highest BCUT2D eigenvalue weighted by atomic mass is 15.0. The Bertz CT molecular complexity index is 377. The minimum Gasteiger partial charge on any atom is -0.349 e. The molecule has 1 heterocycles. The van der Waals surface area contributed by atoms with Gasteiger partial charge in [0.15, 0.2) is 0 Å². The molecule has 0 saturated carbocycles. The summed E-state index contributed by atoms with van der Waals surface area (Å²) in [6.07, 6.45) is 6.86. The van der Waals surface area contributed by atoms with E-state index >= 15 is 0 Å². The molecule has 0 fully saturated rings. The van der Waals surface area contributed by atoms with E-state index in [1.807, 2.05) is 0 Å². The van der Waals surface area contributed by atoms with Crippen LogP contribution >= 0.6 is 0 Å². The van der Waals surface area contributed by atoms with Crippen LogP contribution in [0.25, 0.3) is 0 Å². The number of hydrogen-bond acceptors (Lipinski definition) is 1. The van der Waals surface area contributed by atoms with Crippen LogP contribution in [0, 0.1) is 19.8 Å². The summed E-state index contributed by atoms with van der Waals surface area (Å²) in [5.74, 6) is 0.863. The topological polar surface area (TPSA) is 17.0 Å². The van der Waals surface area contributed by atoms with Crippen LogP contribution < -0.4 is 5.32 Å². The first-order valence-corrected chi connectivity index (χ1v) is 8.42. The Morgan fingerprint density at radius 2 is 1.80 bits per heavy atom. The molecule has 116 valence electrons. The molecular weight excluding hydrogens is 244 g/mol. The second kappa shape index (κ2) is 9.23. The van der Waals surface area contributed by atoms with Gasteiger partial charge in [0.05, 0.1) is 0 Å². The SMILES string of the molecule is CCn1c(C)cc(CNCCCCCCC(C)C)c1C. The van der Waals surface area contributed by atoms with E-state index in [9.17, 15) is 0 Å². The van der Waals surface area contributed by atoms with E-state index < -0.39 is 0 Å². The molecule has 0 saturated heterocycles. The fraction of sp³-hybridized carbons (Fsp3) is 0.778. The Morgan fingerprint density at radius 1 is 1.10 bits per heavy atom. The van der Waals surface area contributed by atoms with Crippen LogP contribution in [0.1, 0.15) is 69.8 Å². The number of aryl methyl sites for hydroxylation is 1. The van der Waals surface area contributed by atoms with Gasteiger partial charge < -0.3 is 9.88 Å². The molecule has 0 unspecified atom stereocenters. The molecule has 0 radical (unpaired) electrons. The first-order valence-electron chi connectivity index (χ1n) is 8.42. The molecule has 0 aliphatic carbocycles. The second-order valence-corrected chi connectivity index (χ2v) is 6.41. The molecule has 0 spiro atoms. The lowest BCUT2D eigenvalue weighted by Crippen LogP contribution is -2.15. The molecule has 0 amide bonds. The number of aromatic nitrogens is 1. The van der Waals surface area contributed by atoms with Crippen LogP contribution in [0.5, 0.6) is 0 Å². The highest BCUT2D eigenvalue weighted by molar-refractivity contribution is 5.26. The Kier molecular flexibility index (Phi) is 7.98. The molecule has 0 bridgehead atoms. The Labute approximate surface area is 126 Å². The molecule has 1 rings (SSSR count).